The van der Waals surface area contributed by atoms with Crippen LogP contribution in [0.2, 0.25) is 0 Å². The van der Waals surface area contributed by atoms with Crippen LogP contribution in [0.5, 0.6) is 0 Å². The van der Waals surface area contributed by atoms with E-state index in [4.69, 9.17) is 14.5 Å². The lowest BCUT2D eigenvalue weighted by atomic mass is 9.70. The molecule has 2 aliphatic rings. The first-order valence-electron chi connectivity index (χ1n) is 15.0. The number of thioether (sulfide) groups is 1. The summed E-state index contributed by atoms with van der Waals surface area (Å²) >= 11 is 4.77. The topological polar surface area (TPSA) is 109 Å². The summed E-state index contributed by atoms with van der Waals surface area (Å²) in [6, 6.07) is 5.16. The maximum absolute atomic E-state index is 16.0. The van der Waals surface area contributed by atoms with Crippen LogP contribution in [0.15, 0.2) is 21.6 Å². The number of pyridine rings is 1. The summed E-state index contributed by atoms with van der Waals surface area (Å²) in [4.78, 5) is 31.6. The van der Waals surface area contributed by atoms with E-state index in [0.717, 1.165) is 17.3 Å². The molecule has 0 spiro atoms. The van der Waals surface area contributed by atoms with Crippen molar-refractivity contribution in [3.63, 3.8) is 0 Å². The largest absolute Gasteiger partial charge is 0.453 e. The van der Waals surface area contributed by atoms with Crippen molar-refractivity contribution in [2.75, 3.05) is 26.5 Å². The minimum absolute atomic E-state index is 0.0182. The number of carbonyl (C=O) groups excluding carboxylic acids is 2. The quantitative estimate of drug-likeness (QED) is 0.250. The van der Waals surface area contributed by atoms with Gasteiger partial charge in [0.2, 0.25) is 0 Å². The second-order valence-electron chi connectivity index (χ2n) is 12.9. The summed E-state index contributed by atoms with van der Waals surface area (Å²) in [6.07, 6.45) is 0.929. The van der Waals surface area contributed by atoms with Crippen LogP contribution >= 0.6 is 27.7 Å². The Balaban J connectivity index is 1.75. The van der Waals surface area contributed by atoms with Gasteiger partial charge >= 0.3 is 12.2 Å². The third-order valence-electron chi connectivity index (χ3n) is 8.67. The van der Waals surface area contributed by atoms with Gasteiger partial charge in [0.15, 0.2) is 5.82 Å². The van der Waals surface area contributed by atoms with E-state index in [-0.39, 0.29) is 47.3 Å². The second kappa shape index (κ2) is 12.9. The molecule has 2 amide bonds. The highest BCUT2D eigenvalue weighted by Crippen LogP contribution is 2.51. The number of hydrogen-bond acceptors (Lipinski definition) is 7. The van der Waals surface area contributed by atoms with Gasteiger partial charge in [-0.05, 0) is 85.3 Å². The first-order valence-corrected chi connectivity index (χ1v) is 17.0. The van der Waals surface area contributed by atoms with Crippen LogP contribution in [0.1, 0.15) is 70.3 Å². The normalized spacial score (nSPS) is 23.2. The molecule has 1 aliphatic heterocycles. The summed E-state index contributed by atoms with van der Waals surface area (Å²) in [5, 5.41) is 14.1. The predicted octanol–water partition coefficient (Wildman–Crippen LogP) is 7.84. The molecule has 1 saturated heterocycles. The number of halogens is 3. The molecule has 2 aromatic heterocycles. The number of methoxy groups -OCH3 is 1. The molecule has 1 aromatic carbocycles. The van der Waals surface area contributed by atoms with Gasteiger partial charge in [0.05, 0.1) is 35.8 Å². The Morgan fingerprint density at radius 1 is 1.27 bits per heavy atom. The van der Waals surface area contributed by atoms with E-state index in [1.807, 2.05) is 18.4 Å². The predicted molar refractivity (Wildman–Crippen MR) is 173 cm³/mol. The average Bonchev–Trinajstić information content (AvgIpc) is 3.55. The molecule has 5 rings (SSSR count). The van der Waals surface area contributed by atoms with Crippen molar-refractivity contribution in [2.45, 2.75) is 82.3 Å². The number of fused-ring (bicyclic) bond motifs is 3. The first-order chi connectivity index (χ1) is 21.3. The number of alkyl carbamates (subject to hydrolysis) is 1. The molecule has 3 aromatic rings. The average molecular weight is 707 g/mol. The minimum Gasteiger partial charge on any atom is -0.453 e. The zero-order valence-electron chi connectivity index (χ0n) is 26.2. The molecule has 5 atom stereocenters. The van der Waals surface area contributed by atoms with Crippen LogP contribution in [0.4, 0.5) is 18.4 Å². The zero-order valence-corrected chi connectivity index (χ0v) is 28.7. The lowest BCUT2D eigenvalue weighted by Crippen LogP contribution is -2.46. The van der Waals surface area contributed by atoms with Crippen molar-refractivity contribution in [3.05, 3.63) is 33.7 Å². The third-order valence-corrected chi connectivity index (χ3v) is 10.2. The maximum Gasteiger partial charge on any atom is 0.410 e. The van der Waals surface area contributed by atoms with Crippen LogP contribution in [-0.2, 0) is 15.9 Å². The number of aromatic nitrogens is 2. The number of ether oxygens (including phenoxy) is 2. The van der Waals surface area contributed by atoms with Crippen molar-refractivity contribution < 1.29 is 27.8 Å². The Kier molecular flexibility index (Phi) is 9.57. The van der Waals surface area contributed by atoms with E-state index in [9.17, 15) is 14.9 Å². The summed E-state index contributed by atoms with van der Waals surface area (Å²) in [5.74, 6) is -0.383. The molecule has 3 heterocycles. The number of benzene rings is 1. The smallest absolute Gasteiger partial charge is 0.410 e. The van der Waals surface area contributed by atoms with Gasteiger partial charge in [-0.3, -0.25) is 4.90 Å². The van der Waals surface area contributed by atoms with Crippen LogP contribution in [0.3, 0.4) is 0 Å². The zero-order chi connectivity index (χ0) is 32.8. The number of amides is 2. The standard InChI is InChI=1S/C32H38BrF2N5O4S/c1-16-10-18(14-37-30(41)44-32(2,3)4)27(16)40-23(22-12-19(34)15-39(22)31(42)43-5)13-21-28(40)20-11-17(8-7-9-36)24(33)25(35)26(20)38-29(21)45-6/h11,13,16,18-19,22,27H,7-8,10,12,14-15H2,1-6H3,(H,37,41)/t16-,18+,19-,22+,27+/m0/s1. The fourth-order valence-corrected chi connectivity index (χ4v) is 7.88. The second-order valence-corrected chi connectivity index (χ2v) is 14.4. The molecular formula is C32H38BrF2N5O4S. The Bertz CT molecular complexity index is 1690. The fourth-order valence-electron chi connectivity index (χ4n) is 6.82. The molecule has 13 heteroatoms. The van der Waals surface area contributed by atoms with Gasteiger partial charge < -0.3 is 19.4 Å². The molecule has 242 valence electrons. The summed E-state index contributed by atoms with van der Waals surface area (Å²) in [6.45, 7) is 7.76. The van der Waals surface area contributed by atoms with Gasteiger partial charge in [0, 0.05) is 41.9 Å². The number of aryl methyl sites for hydroxylation is 1. The van der Waals surface area contributed by atoms with Crippen molar-refractivity contribution in [2.24, 2.45) is 11.8 Å². The SMILES string of the molecule is COC(=O)N1C[C@@H](F)C[C@@H]1c1cc2c(SC)nc3c(F)c(Br)c(CCC#N)cc3c2n1[C@H]1[C@@H](CNC(=O)OC(C)(C)C)C[C@@H]1C. The Morgan fingerprint density at radius 2 is 2.00 bits per heavy atom. The number of rotatable bonds is 7. The highest BCUT2D eigenvalue weighted by atomic mass is 79.9. The summed E-state index contributed by atoms with van der Waals surface area (Å²) in [5.41, 5.74) is 1.61. The van der Waals surface area contributed by atoms with E-state index in [1.165, 1.54) is 23.8 Å². The monoisotopic (exact) mass is 705 g/mol. The highest BCUT2D eigenvalue weighted by molar-refractivity contribution is 9.10. The van der Waals surface area contributed by atoms with Gasteiger partial charge in [-0.15, -0.1) is 11.8 Å². The Morgan fingerprint density at radius 3 is 2.62 bits per heavy atom. The van der Waals surface area contributed by atoms with Crippen LogP contribution < -0.4 is 5.32 Å². The van der Waals surface area contributed by atoms with Crippen LogP contribution in [0.25, 0.3) is 21.8 Å². The molecule has 45 heavy (non-hydrogen) atoms. The van der Waals surface area contributed by atoms with E-state index in [0.29, 0.717) is 34.6 Å². The number of alkyl halides is 1. The molecule has 9 nitrogen and oxygen atoms in total. The Hall–Kier alpha value is -3.11. The number of hydrogen-bond donors (Lipinski definition) is 1. The first kappa shape index (κ1) is 33.3. The molecule has 0 unspecified atom stereocenters. The van der Waals surface area contributed by atoms with E-state index < -0.39 is 35.8 Å². The number of nitrogens with one attached hydrogen (secondary N) is 1. The third kappa shape index (κ3) is 6.32. The van der Waals surface area contributed by atoms with Gasteiger partial charge in [0.25, 0.3) is 0 Å². The van der Waals surface area contributed by atoms with Crippen molar-refractivity contribution in [3.8, 4) is 6.07 Å². The molecular weight excluding hydrogens is 668 g/mol. The Labute approximate surface area is 274 Å². The number of nitrogens with zero attached hydrogens (tertiary/aromatic N) is 4. The molecule has 1 aliphatic carbocycles. The lowest BCUT2D eigenvalue weighted by molar-refractivity contribution is 0.0443. The van der Waals surface area contributed by atoms with Gasteiger partial charge in [-0.1, -0.05) is 6.92 Å². The summed E-state index contributed by atoms with van der Waals surface area (Å²) < 4.78 is 44.0. The number of nitriles is 1. The molecule has 0 radical (unpaired) electrons. The van der Waals surface area contributed by atoms with Gasteiger partial charge in [-0.25, -0.2) is 23.4 Å². The van der Waals surface area contributed by atoms with Crippen LogP contribution in [-0.4, -0.2) is 64.9 Å². The number of likely N-dealkylation sites (tertiary alicyclic amines) is 1. The van der Waals surface area contributed by atoms with E-state index >= 15 is 8.78 Å². The minimum atomic E-state index is -1.25. The lowest BCUT2D eigenvalue weighted by Gasteiger charge is -2.46. The summed E-state index contributed by atoms with van der Waals surface area (Å²) in [7, 11) is 1.28. The molecule has 0 bridgehead atoms. The van der Waals surface area contributed by atoms with Crippen molar-refractivity contribution in [1.82, 2.24) is 19.8 Å². The van der Waals surface area contributed by atoms with Crippen molar-refractivity contribution >= 4 is 61.7 Å². The van der Waals surface area contributed by atoms with Crippen molar-refractivity contribution in [1.29, 1.82) is 5.26 Å². The van der Waals surface area contributed by atoms with Crippen LogP contribution in [0, 0.1) is 29.0 Å². The molecule has 1 saturated carbocycles. The highest BCUT2D eigenvalue weighted by Gasteiger charge is 2.45. The fraction of sp³-hybridized carbons (Fsp3) is 0.562. The molecule has 1 N–H and O–H groups in total. The number of carbonyl (C=O) groups is 2. The van der Waals surface area contributed by atoms with E-state index in [2.05, 4.69) is 38.8 Å². The molecule has 2 fully saturated rings. The maximum atomic E-state index is 16.0. The van der Waals surface area contributed by atoms with Gasteiger partial charge in [0.1, 0.15) is 22.3 Å². The van der Waals surface area contributed by atoms with E-state index in [1.54, 1.807) is 20.8 Å². The van der Waals surface area contributed by atoms with Gasteiger partial charge in [-0.2, -0.15) is 5.26 Å².